The Morgan fingerprint density at radius 3 is 2.57 bits per heavy atom. The number of benzene rings is 2. The molecule has 0 heterocycles. The number of rotatable bonds is 5. The van der Waals surface area contributed by atoms with Crippen molar-refractivity contribution in [3.8, 4) is 5.75 Å². The minimum atomic E-state index is -1.33. The van der Waals surface area contributed by atoms with Crippen LogP contribution in [0.25, 0.3) is 0 Å². The predicted molar refractivity (Wildman–Crippen MR) is 77.7 cm³/mol. The lowest BCUT2D eigenvalue weighted by molar-refractivity contribution is -0.385. The lowest BCUT2D eigenvalue weighted by atomic mass is 10.1. The van der Waals surface area contributed by atoms with Crippen LogP contribution in [0.2, 0.25) is 0 Å². The number of nitrogens with zero attached hydrogens (tertiary/aromatic N) is 1. The van der Waals surface area contributed by atoms with Crippen LogP contribution in [0.5, 0.6) is 5.75 Å². The number of phenols is 1. The molecule has 7 heteroatoms. The monoisotopic (exact) mass is 305 g/mol. The highest BCUT2D eigenvalue weighted by Gasteiger charge is 2.23. The van der Waals surface area contributed by atoms with Gasteiger partial charge in [-0.1, -0.05) is 18.2 Å². The molecular weight excluding hydrogens is 294 g/mol. The van der Waals surface area contributed by atoms with Crippen molar-refractivity contribution in [2.45, 2.75) is 10.6 Å². The fraction of sp³-hybridized carbons (Fsp3) is 0.0714. The third kappa shape index (κ3) is 3.51. The van der Waals surface area contributed by atoms with E-state index in [1.807, 2.05) is 0 Å². The Labute approximate surface area is 124 Å². The second-order valence-corrected chi connectivity index (χ2v) is 5.21. The van der Waals surface area contributed by atoms with Gasteiger partial charge in [-0.3, -0.25) is 10.1 Å². The van der Waals surface area contributed by atoms with E-state index < -0.39 is 16.6 Å². The van der Waals surface area contributed by atoms with Gasteiger partial charge in [0.1, 0.15) is 11.3 Å². The average molecular weight is 305 g/mol. The van der Waals surface area contributed by atoms with Crippen LogP contribution in [-0.2, 0) is 5.75 Å². The van der Waals surface area contributed by atoms with Crippen LogP contribution in [0.15, 0.2) is 47.4 Å². The van der Waals surface area contributed by atoms with E-state index in [1.54, 1.807) is 24.3 Å². The van der Waals surface area contributed by atoms with Gasteiger partial charge in [-0.25, -0.2) is 4.79 Å². The first kappa shape index (κ1) is 14.9. The molecule has 2 aromatic rings. The summed E-state index contributed by atoms with van der Waals surface area (Å²) in [5.74, 6) is -0.960. The second-order valence-electron chi connectivity index (χ2n) is 4.16. The van der Waals surface area contributed by atoms with Gasteiger partial charge in [0.2, 0.25) is 0 Å². The van der Waals surface area contributed by atoms with E-state index in [-0.39, 0.29) is 17.1 Å². The predicted octanol–water partition coefficient (Wildman–Crippen LogP) is 3.29. The van der Waals surface area contributed by atoms with Crippen molar-refractivity contribution in [2.75, 3.05) is 0 Å². The molecule has 6 nitrogen and oxygen atoms in total. The van der Waals surface area contributed by atoms with Crippen LogP contribution in [0.1, 0.15) is 15.9 Å². The van der Waals surface area contributed by atoms with Crippen LogP contribution in [-0.4, -0.2) is 21.1 Å². The number of aromatic carboxylic acids is 1. The summed E-state index contributed by atoms with van der Waals surface area (Å²) in [7, 11) is 0. The van der Waals surface area contributed by atoms with Crippen molar-refractivity contribution in [1.29, 1.82) is 0 Å². The van der Waals surface area contributed by atoms with Crippen molar-refractivity contribution in [1.82, 2.24) is 0 Å². The molecule has 0 radical (unpaired) electrons. The van der Waals surface area contributed by atoms with E-state index in [4.69, 9.17) is 0 Å². The van der Waals surface area contributed by atoms with Crippen molar-refractivity contribution in [3.63, 3.8) is 0 Å². The number of carbonyl (C=O) groups is 1. The third-order valence-corrected chi connectivity index (χ3v) is 3.79. The number of aromatic hydroxyl groups is 1. The highest BCUT2D eigenvalue weighted by molar-refractivity contribution is 7.98. The molecule has 0 unspecified atom stereocenters. The summed E-state index contributed by atoms with van der Waals surface area (Å²) < 4.78 is 0. The summed E-state index contributed by atoms with van der Waals surface area (Å²) in [4.78, 5) is 22.2. The molecule has 0 aliphatic carbocycles. The minimum Gasteiger partial charge on any atom is -0.508 e. The maximum Gasteiger partial charge on any atom is 0.343 e. The molecule has 0 aliphatic heterocycles. The zero-order valence-electron chi connectivity index (χ0n) is 10.7. The first-order chi connectivity index (χ1) is 9.99. The lowest BCUT2D eigenvalue weighted by Crippen LogP contribution is -2.06. The topological polar surface area (TPSA) is 101 Å². The molecule has 2 aromatic carbocycles. The number of nitro groups is 1. The fourth-order valence-electron chi connectivity index (χ4n) is 1.84. The molecule has 108 valence electrons. The Balaban J connectivity index is 2.30. The molecule has 0 amide bonds. The summed E-state index contributed by atoms with van der Waals surface area (Å²) in [5, 5.41) is 29.5. The van der Waals surface area contributed by atoms with Crippen LogP contribution in [0.4, 0.5) is 5.69 Å². The second kappa shape index (κ2) is 6.27. The number of hydrogen-bond acceptors (Lipinski definition) is 5. The quantitative estimate of drug-likeness (QED) is 0.499. The van der Waals surface area contributed by atoms with E-state index in [0.29, 0.717) is 5.56 Å². The molecular formula is C14H11NO5S. The van der Waals surface area contributed by atoms with Gasteiger partial charge in [-0.05, 0) is 23.8 Å². The number of nitro benzene ring substituents is 1. The van der Waals surface area contributed by atoms with Gasteiger partial charge in [0.25, 0.3) is 5.69 Å². The Morgan fingerprint density at radius 1 is 1.24 bits per heavy atom. The van der Waals surface area contributed by atoms with E-state index >= 15 is 0 Å². The normalized spacial score (nSPS) is 10.3. The molecule has 0 fully saturated rings. The zero-order chi connectivity index (χ0) is 15.4. The molecule has 0 saturated heterocycles. The van der Waals surface area contributed by atoms with E-state index in [0.717, 1.165) is 4.90 Å². The number of phenolic OH excluding ortho intramolecular Hbond substituents is 1. The Morgan fingerprint density at radius 2 is 1.95 bits per heavy atom. The van der Waals surface area contributed by atoms with Gasteiger partial charge in [0.05, 0.1) is 4.92 Å². The molecule has 0 bridgehead atoms. The zero-order valence-corrected chi connectivity index (χ0v) is 11.5. The molecule has 0 spiro atoms. The Kier molecular flexibility index (Phi) is 4.44. The maximum atomic E-state index is 11.3. The van der Waals surface area contributed by atoms with E-state index in [1.165, 1.54) is 30.0 Å². The summed E-state index contributed by atoms with van der Waals surface area (Å²) >= 11 is 1.29. The van der Waals surface area contributed by atoms with Crippen LogP contribution < -0.4 is 0 Å². The number of hydrogen-bond donors (Lipinski definition) is 2. The minimum absolute atomic E-state index is 0.109. The third-order valence-electron chi connectivity index (χ3n) is 2.75. The number of carboxylic acids is 1. The molecule has 21 heavy (non-hydrogen) atoms. The largest absolute Gasteiger partial charge is 0.508 e. The van der Waals surface area contributed by atoms with Gasteiger partial charge in [0, 0.05) is 16.7 Å². The molecule has 0 aromatic heterocycles. The van der Waals surface area contributed by atoms with Gasteiger partial charge in [0.15, 0.2) is 0 Å². The van der Waals surface area contributed by atoms with Crippen molar-refractivity contribution < 1.29 is 19.9 Å². The lowest BCUT2D eigenvalue weighted by Gasteiger charge is -2.07. The number of carboxylic acid groups (broad SMARTS) is 1. The van der Waals surface area contributed by atoms with E-state index in [9.17, 15) is 25.1 Å². The van der Waals surface area contributed by atoms with Crippen LogP contribution >= 0.6 is 11.8 Å². The van der Waals surface area contributed by atoms with E-state index in [2.05, 4.69) is 0 Å². The molecule has 0 atom stereocenters. The maximum absolute atomic E-state index is 11.3. The van der Waals surface area contributed by atoms with Gasteiger partial charge >= 0.3 is 5.97 Å². The summed E-state index contributed by atoms with van der Waals surface area (Å²) in [6, 6.07) is 10.7. The van der Waals surface area contributed by atoms with Crippen molar-refractivity contribution in [3.05, 3.63) is 63.7 Å². The van der Waals surface area contributed by atoms with Gasteiger partial charge in [-0.15, -0.1) is 11.8 Å². The first-order valence-corrected chi connectivity index (χ1v) is 6.89. The average Bonchev–Trinajstić information content (AvgIpc) is 2.44. The highest BCUT2D eigenvalue weighted by Crippen LogP contribution is 2.30. The van der Waals surface area contributed by atoms with Crippen LogP contribution in [0.3, 0.4) is 0 Å². The highest BCUT2D eigenvalue weighted by atomic mass is 32.2. The molecule has 2 N–H and O–H groups in total. The SMILES string of the molecule is O=C(O)c1c(CSc2cccc(O)c2)cccc1[N+](=O)[O-]. The number of thioether (sulfide) groups is 1. The molecule has 0 saturated carbocycles. The smallest absolute Gasteiger partial charge is 0.343 e. The fourth-order valence-corrected chi connectivity index (χ4v) is 2.78. The van der Waals surface area contributed by atoms with Crippen molar-refractivity contribution in [2.24, 2.45) is 0 Å². The summed E-state index contributed by atoms with van der Waals surface area (Å²) in [5.41, 5.74) is -0.350. The Hall–Kier alpha value is -2.54. The first-order valence-electron chi connectivity index (χ1n) is 5.90. The van der Waals surface area contributed by atoms with Crippen LogP contribution in [0, 0.1) is 10.1 Å². The standard InChI is InChI=1S/C14H11NO5S/c16-10-4-2-5-11(7-10)21-8-9-3-1-6-12(15(19)20)13(9)14(17)18/h1-7,16H,8H2,(H,17,18). The van der Waals surface area contributed by atoms with Crippen molar-refractivity contribution >= 4 is 23.4 Å². The Bertz CT molecular complexity index is 702. The summed E-state index contributed by atoms with van der Waals surface area (Å²) in [6.07, 6.45) is 0. The molecule has 0 aliphatic rings. The molecule has 2 rings (SSSR count). The van der Waals surface area contributed by atoms with Gasteiger partial charge < -0.3 is 10.2 Å². The van der Waals surface area contributed by atoms with Gasteiger partial charge in [-0.2, -0.15) is 0 Å². The summed E-state index contributed by atoms with van der Waals surface area (Å²) in [6.45, 7) is 0.